The van der Waals surface area contributed by atoms with Gasteiger partial charge in [-0.3, -0.25) is 9.48 Å². The summed E-state index contributed by atoms with van der Waals surface area (Å²) < 4.78 is 7.44. The molecule has 0 saturated carbocycles. The number of aromatic nitrogens is 2. The first-order chi connectivity index (χ1) is 8.69. The normalized spacial score (nSPS) is 20.0. The zero-order valence-corrected chi connectivity index (χ0v) is 11.1. The second-order valence-corrected chi connectivity index (χ2v) is 4.71. The van der Waals surface area contributed by atoms with Gasteiger partial charge in [-0.25, -0.2) is 0 Å². The van der Waals surface area contributed by atoms with Gasteiger partial charge in [0.2, 0.25) is 0 Å². The Morgan fingerprint density at radius 3 is 3.17 bits per heavy atom. The summed E-state index contributed by atoms with van der Waals surface area (Å²) in [6, 6.07) is 1.99. The Hall–Kier alpha value is -1.20. The van der Waals surface area contributed by atoms with Crippen LogP contribution < -0.4 is 5.32 Å². The maximum atomic E-state index is 12.0. The smallest absolute Gasteiger partial charge is 0.141 e. The molecule has 1 atom stereocenters. The fraction of sp³-hybridized carbons (Fsp3) is 0.692. The lowest BCUT2D eigenvalue weighted by Crippen LogP contribution is -2.39. The van der Waals surface area contributed by atoms with Gasteiger partial charge in [-0.05, 0) is 19.9 Å². The van der Waals surface area contributed by atoms with Crippen LogP contribution in [-0.2, 0) is 22.5 Å². The summed E-state index contributed by atoms with van der Waals surface area (Å²) in [5.74, 6) is 0.221. The van der Waals surface area contributed by atoms with Gasteiger partial charge in [0.05, 0.1) is 18.4 Å². The highest BCUT2D eigenvalue weighted by atomic mass is 16.5. The first-order valence-electron chi connectivity index (χ1n) is 6.56. The van der Waals surface area contributed by atoms with Crippen LogP contribution in [0.2, 0.25) is 0 Å². The average molecular weight is 251 g/mol. The molecule has 1 aromatic heterocycles. The molecule has 1 N–H and O–H groups in total. The lowest BCUT2D eigenvalue weighted by atomic mass is 10.1. The molecule has 2 rings (SSSR count). The van der Waals surface area contributed by atoms with Gasteiger partial charge in [0.1, 0.15) is 5.78 Å². The van der Waals surface area contributed by atoms with E-state index in [1.165, 1.54) is 0 Å². The summed E-state index contributed by atoms with van der Waals surface area (Å²) in [4.78, 5) is 12.0. The molecule has 0 aliphatic carbocycles. The minimum atomic E-state index is 0.0327. The number of ether oxygens (including phenoxy) is 1. The zero-order chi connectivity index (χ0) is 13.0. The van der Waals surface area contributed by atoms with Crippen LogP contribution in [-0.4, -0.2) is 41.4 Å². The maximum Gasteiger partial charge on any atom is 0.141 e. The third-order valence-electron chi connectivity index (χ3n) is 3.12. The topological polar surface area (TPSA) is 56.2 Å². The monoisotopic (exact) mass is 251 g/mol. The minimum Gasteiger partial charge on any atom is -0.375 e. The van der Waals surface area contributed by atoms with Crippen molar-refractivity contribution in [1.82, 2.24) is 15.1 Å². The molecule has 5 heteroatoms. The summed E-state index contributed by atoms with van der Waals surface area (Å²) in [5, 5.41) is 7.59. The minimum absolute atomic E-state index is 0.0327. The number of ketones is 1. The number of carbonyl (C=O) groups is 1. The van der Waals surface area contributed by atoms with Crippen molar-refractivity contribution in [3.8, 4) is 0 Å². The van der Waals surface area contributed by atoms with Crippen molar-refractivity contribution >= 4 is 5.78 Å². The number of morpholine rings is 1. The van der Waals surface area contributed by atoms with E-state index in [4.69, 9.17) is 4.74 Å². The van der Waals surface area contributed by atoms with Crippen molar-refractivity contribution in [3.05, 3.63) is 17.5 Å². The molecule has 0 amide bonds. The van der Waals surface area contributed by atoms with Gasteiger partial charge < -0.3 is 10.1 Å². The van der Waals surface area contributed by atoms with Gasteiger partial charge in [-0.1, -0.05) is 0 Å². The second kappa shape index (κ2) is 6.11. The Kier molecular flexibility index (Phi) is 4.49. The number of rotatable bonds is 5. The first kappa shape index (κ1) is 13.2. The number of hydrogen-bond acceptors (Lipinski definition) is 4. The van der Waals surface area contributed by atoms with Gasteiger partial charge >= 0.3 is 0 Å². The predicted molar refractivity (Wildman–Crippen MR) is 68.6 cm³/mol. The highest BCUT2D eigenvalue weighted by molar-refractivity contribution is 5.81. The van der Waals surface area contributed by atoms with E-state index >= 15 is 0 Å². The predicted octanol–water partition coefficient (Wildman–Crippen LogP) is 0.702. The fourth-order valence-electron chi connectivity index (χ4n) is 2.29. The van der Waals surface area contributed by atoms with E-state index in [0.29, 0.717) is 19.4 Å². The number of hydrogen-bond donors (Lipinski definition) is 1. The van der Waals surface area contributed by atoms with Gasteiger partial charge in [-0.2, -0.15) is 5.10 Å². The van der Waals surface area contributed by atoms with Gasteiger partial charge in [0.25, 0.3) is 0 Å². The summed E-state index contributed by atoms with van der Waals surface area (Å²) in [7, 11) is 0. The van der Waals surface area contributed by atoms with Gasteiger partial charge in [0, 0.05) is 38.2 Å². The van der Waals surface area contributed by atoms with Crippen LogP contribution in [0.1, 0.15) is 24.7 Å². The van der Waals surface area contributed by atoms with Crippen LogP contribution in [0.15, 0.2) is 6.07 Å². The Morgan fingerprint density at radius 1 is 1.67 bits per heavy atom. The van der Waals surface area contributed by atoms with E-state index in [9.17, 15) is 4.79 Å². The number of carbonyl (C=O) groups excluding carboxylic acids is 1. The van der Waals surface area contributed by atoms with Crippen molar-refractivity contribution < 1.29 is 9.53 Å². The third kappa shape index (κ3) is 3.40. The molecule has 1 aromatic rings. The van der Waals surface area contributed by atoms with Crippen molar-refractivity contribution in [1.29, 1.82) is 0 Å². The molecular weight excluding hydrogens is 230 g/mol. The quantitative estimate of drug-likeness (QED) is 0.837. The number of nitrogens with one attached hydrogen (secondary N) is 1. The average Bonchev–Trinajstić information content (AvgIpc) is 2.70. The van der Waals surface area contributed by atoms with E-state index in [1.807, 2.05) is 24.6 Å². The molecule has 1 aliphatic rings. The maximum absolute atomic E-state index is 12.0. The largest absolute Gasteiger partial charge is 0.375 e. The van der Waals surface area contributed by atoms with Crippen LogP contribution in [0.3, 0.4) is 0 Å². The standard InChI is InChI=1S/C13H21N3O2/c1-3-16-11(6-10(2)15-16)7-12(17)8-13-9-14-4-5-18-13/h6,13-14H,3-5,7-9H2,1-2H3. The molecule has 1 fully saturated rings. The van der Waals surface area contributed by atoms with Gasteiger partial charge in [0.15, 0.2) is 0 Å². The molecule has 1 saturated heterocycles. The molecule has 0 spiro atoms. The van der Waals surface area contributed by atoms with Crippen molar-refractivity contribution in [3.63, 3.8) is 0 Å². The van der Waals surface area contributed by atoms with Crippen LogP contribution in [0.5, 0.6) is 0 Å². The highest BCUT2D eigenvalue weighted by Crippen LogP contribution is 2.09. The van der Waals surface area contributed by atoms with E-state index in [0.717, 1.165) is 31.0 Å². The Bertz CT molecular complexity index is 408. The molecule has 0 radical (unpaired) electrons. The Labute approximate surface area is 108 Å². The van der Waals surface area contributed by atoms with Crippen LogP contribution >= 0.6 is 0 Å². The summed E-state index contributed by atoms with van der Waals surface area (Å²) in [6.45, 7) is 7.15. The summed E-state index contributed by atoms with van der Waals surface area (Å²) >= 11 is 0. The van der Waals surface area contributed by atoms with E-state index < -0.39 is 0 Å². The zero-order valence-electron chi connectivity index (χ0n) is 11.1. The van der Waals surface area contributed by atoms with Crippen molar-refractivity contribution in [2.75, 3.05) is 19.7 Å². The van der Waals surface area contributed by atoms with Crippen molar-refractivity contribution in [2.24, 2.45) is 0 Å². The van der Waals surface area contributed by atoms with Crippen molar-refractivity contribution in [2.45, 2.75) is 39.3 Å². The lowest BCUT2D eigenvalue weighted by molar-refractivity contribution is -0.121. The lowest BCUT2D eigenvalue weighted by Gasteiger charge is -2.22. The number of nitrogens with zero attached hydrogens (tertiary/aromatic N) is 2. The molecule has 2 heterocycles. The fourth-order valence-corrected chi connectivity index (χ4v) is 2.29. The van der Waals surface area contributed by atoms with E-state index in [-0.39, 0.29) is 11.9 Å². The Morgan fingerprint density at radius 2 is 2.50 bits per heavy atom. The molecule has 5 nitrogen and oxygen atoms in total. The first-order valence-corrected chi connectivity index (χ1v) is 6.56. The molecule has 100 valence electrons. The van der Waals surface area contributed by atoms with Gasteiger partial charge in [-0.15, -0.1) is 0 Å². The third-order valence-corrected chi connectivity index (χ3v) is 3.12. The highest BCUT2D eigenvalue weighted by Gasteiger charge is 2.18. The van der Waals surface area contributed by atoms with E-state index in [1.54, 1.807) is 0 Å². The number of Topliss-reactive ketones (excluding diaryl/α,β-unsaturated/α-hetero) is 1. The van der Waals surface area contributed by atoms with Crippen LogP contribution in [0.25, 0.3) is 0 Å². The molecule has 18 heavy (non-hydrogen) atoms. The second-order valence-electron chi connectivity index (χ2n) is 4.71. The molecule has 0 aromatic carbocycles. The van der Waals surface area contributed by atoms with Crippen LogP contribution in [0, 0.1) is 6.92 Å². The molecule has 1 unspecified atom stereocenters. The number of aryl methyl sites for hydroxylation is 2. The SMILES string of the molecule is CCn1nc(C)cc1CC(=O)CC1CNCCO1. The van der Waals surface area contributed by atoms with E-state index in [2.05, 4.69) is 10.4 Å². The molecular formula is C13H21N3O2. The molecule has 0 bridgehead atoms. The summed E-state index contributed by atoms with van der Waals surface area (Å²) in [6.07, 6.45) is 0.973. The van der Waals surface area contributed by atoms with Crippen LogP contribution in [0.4, 0.5) is 0 Å². The molecule has 1 aliphatic heterocycles. The Balaban J connectivity index is 1.89. The summed E-state index contributed by atoms with van der Waals surface area (Å²) in [5.41, 5.74) is 1.97.